The van der Waals surface area contributed by atoms with E-state index in [-0.39, 0.29) is 29.8 Å². The number of carbonyl (C=O) groups is 1. The molecule has 0 radical (unpaired) electrons. The number of benzene rings is 3. The van der Waals surface area contributed by atoms with E-state index >= 15 is 0 Å². The lowest BCUT2D eigenvalue weighted by Gasteiger charge is -2.34. The van der Waals surface area contributed by atoms with Gasteiger partial charge in [-0.3, -0.25) is 4.79 Å². The lowest BCUT2D eigenvalue weighted by molar-refractivity contribution is -0.123. The molecule has 1 fully saturated rings. The largest absolute Gasteiger partial charge is 0.308 e. The molecule has 0 aromatic heterocycles. The number of anilines is 1. The number of nitriles is 1. The predicted molar refractivity (Wildman–Crippen MR) is 131 cm³/mol. The molecule has 0 bridgehead atoms. The Morgan fingerprint density at radius 1 is 0.971 bits per heavy atom. The fourth-order valence-corrected chi connectivity index (χ4v) is 5.67. The van der Waals surface area contributed by atoms with Crippen molar-refractivity contribution in [2.45, 2.75) is 31.2 Å². The van der Waals surface area contributed by atoms with E-state index in [4.69, 9.17) is 5.26 Å². The normalized spacial score (nSPS) is 14.9. The second kappa shape index (κ2) is 10.2. The molecule has 1 aliphatic heterocycles. The lowest BCUT2D eigenvalue weighted by atomic mass is 9.96. The smallest absolute Gasteiger partial charge is 0.243 e. The topological polar surface area (TPSA) is 81.5 Å². The van der Waals surface area contributed by atoms with Crippen molar-refractivity contribution >= 4 is 21.6 Å². The molecule has 0 atom stereocenters. The molecule has 3 aromatic carbocycles. The second-order valence-electron chi connectivity index (χ2n) is 8.56. The van der Waals surface area contributed by atoms with Crippen molar-refractivity contribution in [3.8, 4) is 6.07 Å². The summed E-state index contributed by atoms with van der Waals surface area (Å²) >= 11 is 0. The van der Waals surface area contributed by atoms with Gasteiger partial charge in [0.2, 0.25) is 15.9 Å². The van der Waals surface area contributed by atoms with Crippen LogP contribution in [-0.4, -0.2) is 31.7 Å². The zero-order valence-electron chi connectivity index (χ0n) is 19.1. The van der Waals surface area contributed by atoms with Crippen molar-refractivity contribution in [3.63, 3.8) is 0 Å². The van der Waals surface area contributed by atoms with Crippen molar-refractivity contribution < 1.29 is 13.2 Å². The van der Waals surface area contributed by atoms with Crippen LogP contribution in [0.1, 0.15) is 29.5 Å². The van der Waals surface area contributed by atoms with Gasteiger partial charge >= 0.3 is 0 Å². The highest BCUT2D eigenvalue weighted by atomic mass is 32.2. The highest BCUT2D eigenvalue weighted by Crippen LogP contribution is 2.28. The Kier molecular flexibility index (Phi) is 7.11. The van der Waals surface area contributed by atoms with Gasteiger partial charge in [0.15, 0.2) is 0 Å². The van der Waals surface area contributed by atoms with Crippen LogP contribution in [0.25, 0.3) is 0 Å². The first-order valence-electron chi connectivity index (χ1n) is 11.3. The summed E-state index contributed by atoms with van der Waals surface area (Å²) < 4.78 is 27.5. The van der Waals surface area contributed by atoms with E-state index in [1.807, 2.05) is 72.5 Å². The summed E-state index contributed by atoms with van der Waals surface area (Å²) in [4.78, 5) is 15.6. The Bertz CT molecular complexity index is 1270. The molecule has 174 valence electrons. The zero-order valence-corrected chi connectivity index (χ0v) is 19.9. The molecule has 3 aromatic rings. The van der Waals surface area contributed by atoms with Crippen LogP contribution in [0.15, 0.2) is 83.8 Å². The number of hydrogen-bond acceptors (Lipinski definition) is 4. The number of carbonyl (C=O) groups excluding carboxylic acids is 1. The van der Waals surface area contributed by atoms with E-state index in [9.17, 15) is 13.2 Å². The average Bonchev–Trinajstić information content (AvgIpc) is 2.88. The number of amides is 1. The molecule has 1 saturated heterocycles. The van der Waals surface area contributed by atoms with Crippen LogP contribution in [0, 0.1) is 24.2 Å². The molecule has 6 nitrogen and oxygen atoms in total. The summed E-state index contributed by atoms with van der Waals surface area (Å²) in [6.07, 6.45) is 0.928. The van der Waals surface area contributed by atoms with Crippen molar-refractivity contribution in [3.05, 3.63) is 95.6 Å². The van der Waals surface area contributed by atoms with Crippen LogP contribution in [0.4, 0.5) is 5.69 Å². The van der Waals surface area contributed by atoms with Gasteiger partial charge in [-0.2, -0.15) is 9.57 Å². The molecular formula is C27H27N3O3S. The van der Waals surface area contributed by atoms with Crippen molar-refractivity contribution in [1.29, 1.82) is 5.26 Å². The monoisotopic (exact) mass is 473 g/mol. The minimum atomic E-state index is -3.66. The van der Waals surface area contributed by atoms with Gasteiger partial charge in [-0.05, 0) is 61.7 Å². The molecule has 0 aliphatic carbocycles. The fourth-order valence-electron chi connectivity index (χ4n) is 4.20. The van der Waals surface area contributed by atoms with Crippen LogP contribution in [0.2, 0.25) is 0 Å². The van der Waals surface area contributed by atoms with Gasteiger partial charge in [0, 0.05) is 24.7 Å². The standard InChI is InChI=1S/C27H27N3O3S/c1-21-7-11-25(12-8-21)30(20-23-5-3-2-4-6-23)27(31)24-15-17-29(18-16-24)34(32,33)26-13-9-22(19-28)10-14-26/h2-14,24H,15-18,20H2,1H3. The van der Waals surface area contributed by atoms with E-state index in [0.717, 1.165) is 16.8 Å². The Balaban J connectivity index is 1.49. The molecule has 1 amide bonds. The van der Waals surface area contributed by atoms with Crippen LogP contribution in [0.5, 0.6) is 0 Å². The van der Waals surface area contributed by atoms with Crippen molar-refractivity contribution in [2.24, 2.45) is 5.92 Å². The summed E-state index contributed by atoms with van der Waals surface area (Å²) in [6.45, 7) is 3.04. The maximum atomic E-state index is 13.6. The lowest BCUT2D eigenvalue weighted by Crippen LogP contribution is -2.44. The van der Waals surface area contributed by atoms with Gasteiger partial charge < -0.3 is 4.90 Å². The van der Waals surface area contributed by atoms with Gasteiger partial charge in [0.05, 0.1) is 23.1 Å². The number of rotatable bonds is 6. The van der Waals surface area contributed by atoms with Crippen LogP contribution >= 0.6 is 0 Å². The van der Waals surface area contributed by atoms with E-state index in [0.29, 0.717) is 24.9 Å². The van der Waals surface area contributed by atoms with Crippen LogP contribution < -0.4 is 4.90 Å². The summed E-state index contributed by atoms with van der Waals surface area (Å²) in [5, 5.41) is 8.95. The van der Waals surface area contributed by atoms with E-state index in [1.54, 1.807) is 0 Å². The molecule has 4 rings (SSSR count). The first-order chi connectivity index (χ1) is 16.4. The number of piperidine rings is 1. The third-order valence-corrected chi connectivity index (χ3v) is 8.13. The molecule has 0 unspecified atom stereocenters. The Morgan fingerprint density at radius 2 is 1.59 bits per heavy atom. The first kappa shape index (κ1) is 23.7. The summed E-state index contributed by atoms with van der Waals surface area (Å²) in [6, 6.07) is 25.7. The molecule has 1 heterocycles. The molecular weight excluding hydrogens is 446 g/mol. The Labute approximate surface area is 201 Å². The van der Waals surface area contributed by atoms with Gasteiger partial charge in [-0.25, -0.2) is 8.42 Å². The third kappa shape index (κ3) is 5.19. The van der Waals surface area contributed by atoms with Gasteiger partial charge in [0.25, 0.3) is 0 Å². The van der Waals surface area contributed by atoms with Gasteiger partial charge in [-0.15, -0.1) is 0 Å². The van der Waals surface area contributed by atoms with E-state index < -0.39 is 10.0 Å². The maximum absolute atomic E-state index is 13.6. The SMILES string of the molecule is Cc1ccc(N(Cc2ccccc2)C(=O)C2CCN(S(=O)(=O)c3ccc(C#N)cc3)CC2)cc1. The zero-order chi connectivity index (χ0) is 24.1. The molecule has 1 aliphatic rings. The number of sulfonamides is 1. The molecule has 34 heavy (non-hydrogen) atoms. The van der Waals surface area contributed by atoms with Gasteiger partial charge in [0.1, 0.15) is 0 Å². The third-order valence-electron chi connectivity index (χ3n) is 6.22. The molecule has 7 heteroatoms. The summed E-state index contributed by atoms with van der Waals surface area (Å²) in [5.41, 5.74) is 3.42. The minimum absolute atomic E-state index is 0.0168. The first-order valence-corrected chi connectivity index (χ1v) is 12.7. The maximum Gasteiger partial charge on any atom is 0.243 e. The highest BCUT2D eigenvalue weighted by molar-refractivity contribution is 7.89. The van der Waals surface area contributed by atoms with Crippen LogP contribution in [0.3, 0.4) is 0 Å². The molecule has 0 saturated carbocycles. The van der Waals surface area contributed by atoms with Crippen molar-refractivity contribution in [1.82, 2.24) is 4.31 Å². The van der Waals surface area contributed by atoms with E-state index in [2.05, 4.69) is 0 Å². The number of aryl methyl sites for hydroxylation is 1. The Morgan fingerprint density at radius 3 is 2.18 bits per heavy atom. The average molecular weight is 474 g/mol. The van der Waals surface area contributed by atoms with Crippen molar-refractivity contribution in [2.75, 3.05) is 18.0 Å². The second-order valence-corrected chi connectivity index (χ2v) is 10.5. The summed E-state index contributed by atoms with van der Waals surface area (Å²) in [5.74, 6) is -0.236. The molecule has 0 spiro atoms. The highest BCUT2D eigenvalue weighted by Gasteiger charge is 2.34. The number of hydrogen-bond donors (Lipinski definition) is 0. The number of nitrogens with zero attached hydrogens (tertiary/aromatic N) is 3. The van der Waals surface area contributed by atoms with Gasteiger partial charge in [-0.1, -0.05) is 48.0 Å². The quantitative estimate of drug-likeness (QED) is 0.528. The molecule has 0 N–H and O–H groups in total. The fraction of sp³-hybridized carbons (Fsp3) is 0.259. The van der Waals surface area contributed by atoms with E-state index in [1.165, 1.54) is 28.6 Å². The summed E-state index contributed by atoms with van der Waals surface area (Å²) in [7, 11) is -3.66. The minimum Gasteiger partial charge on any atom is -0.308 e. The Hall–Kier alpha value is -3.47. The predicted octanol–water partition coefficient (Wildman–Crippen LogP) is 4.50. The van der Waals surface area contributed by atoms with Crippen LogP contribution in [-0.2, 0) is 21.4 Å².